The Morgan fingerprint density at radius 3 is 2.23 bits per heavy atom. The van der Waals surface area contributed by atoms with Crippen molar-refractivity contribution in [2.45, 2.75) is 57.6 Å². The molecule has 0 aliphatic heterocycles. The van der Waals surface area contributed by atoms with Crippen molar-refractivity contribution in [3.63, 3.8) is 0 Å². The molecule has 8 nitrogen and oxygen atoms in total. The topological polar surface area (TPSA) is 96.0 Å². The van der Waals surface area contributed by atoms with E-state index in [0.29, 0.717) is 22.8 Å². The molecule has 3 aromatic carbocycles. The molecule has 0 saturated carbocycles. The molecule has 0 aliphatic carbocycles. The Bertz CT molecular complexity index is 1410. The van der Waals surface area contributed by atoms with Gasteiger partial charge in [-0.05, 0) is 74.7 Å². The minimum atomic E-state index is -4.17. The van der Waals surface area contributed by atoms with Crippen LogP contribution in [0, 0.1) is 6.92 Å². The molecule has 3 rings (SSSR count). The van der Waals surface area contributed by atoms with Crippen LogP contribution in [0.3, 0.4) is 0 Å². The Kier molecular flexibility index (Phi) is 10.6. The molecule has 0 saturated heterocycles. The summed E-state index contributed by atoms with van der Waals surface area (Å²) >= 11 is 6.27. The number of nitrogens with zero attached hydrogens (tertiary/aromatic N) is 2. The number of nitrogens with one attached hydrogen (secondary N) is 1. The fraction of sp³-hybridized carbons (Fsp3) is 0.333. The number of amides is 2. The number of carbonyl (C=O) groups excluding carboxylic acids is 2. The number of halogens is 1. The van der Waals surface area contributed by atoms with Crippen molar-refractivity contribution in [2.24, 2.45) is 0 Å². The van der Waals surface area contributed by atoms with Gasteiger partial charge in [0.05, 0.1) is 17.7 Å². The van der Waals surface area contributed by atoms with Gasteiger partial charge in [-0.3, -0.25) is 13.9 Å². The Hall–Kier alpha value is -3.56. The van der Waals surface area contributed by atoms with Crippen LogP contribution < -0.4 is 14.4 Å². The molecule has 0 fully saturated rings. The maximum Gasteiger partial charge on any atom is 0.264 e. The van der Waals surface area contributed by atoms with E-state index in [1.165, 1.54) is 23.1 Å². The van der Waals surface area contributed by atoms with E-state index in [2.05, 4.69) is 5.32 Å². The fourth-order valence-electron chi connectivity index (χ4n) is 4.31. The molecule has 0 spiro atoms. The second-order valence-corrected chi connectivity index (χ2v) is 12.0. The smallest absolute Gasteiger partial charge is 0.264 e. The van der Waals surface area contributed by atoms with Crippen LogP contribution >= 0.6 is 11.6 Å². The predicted octanol–water partition coefficient (Wildman–Crippen LogP) is 5.18. The molecule has 40 heavy (non-hydrogen) atoms. The van der Waals surface area contributed by atoms with E-state index in [4.69, 9.17) is 16.3 Å². The SMILES string of the molecule is CC[C@H](C(=O)NC(C)C)N(Cc1ccc(OC)cc1)C(=O)CN(c1cc(Cl)ccc1C)S(=O)(=O)c1ccccc1. The van der Waals surface area contributed by atoms with Gasteiger partial charge in [-0.1, -0.05) is 54.9 Å². The maximum absolute atomic E-state index is 14.1. The minimum absolute atomic E-state index is 0.0356. The van der Waals surface area contributed by atoms with Crippen molar-refractivity contribution in [1.82, 2.24) is 10.2 Å². The number of carbonyl (C=O) groups is 2. The summed E-state index contributed by atoms with van der Waals surface area (Å²) in [4.78, 5) is 28.8. The van der Waals surface area contributed by atoms with Crippen molar-refractivity contribution in [1.29, 1.82) is 0 Å². The molecule has 0 bridgehead atoms. The van der Waals surface area contributed by atoms with Gasteiger partial charge in [-0.15, -0.1) is 0 Å². The summed E-state index contributed by atoms with van der Waals surface area (Å²) < 4.78 is 34.2. The van der Waals surface area contributed by atoms with Crippen LogP contribution in [0.1, 0.15) is 38.3 Å². The average Bonchev–Trinajstić information content (AvgIpc) is 2.93. The third-order valence-corrected chi connectivity index (χ3v) is 8.39. The highest BCUT2D eigenvalue weighted by Crippen LogP contribution is 2.30. The molecule has 2 amide bonds. The first kappa shape index (κ1) is 31.0. The van der Waals surface area contributed by atoms with E-state index in [1.807, 2.05) is 32.9 Å². The number of aryl methyl sites for hydroxylation is 1. The highest BCUT2D eigenvalue weighted by atomic mass is 35.5. The number of hydrogen-bond donors (Lipinski definition) is 1. The van der Waals surface area contributed by atoms with Gasteiger partial charge in [0.2, 0.25) is 11.8 Å². The zero-order valence-electron chi connectivity index (χ0n) is 23.4. The number of methoxy groups -OCH3 is 1. The molecule has 1 atom stereocenters. The van der Waals surface area contributed by atoms with Crippen molar-refractivity contribution < 1.29 is 22.7 Å². The molecule has 10 heteroatoms. The third kappa shape index (κ3) is 7.55. The van der Waals surface area contributed by atoms with Gasteiger partial charge < -0.3 is 15.0 Å². The largest absolute Gasteiger partial charge is 0.497 e. The molecule has 0 radical (unpaired) electrons. The second-order valence-electron chi connectivity index (χ2n) is 9.71. The number of anilines is 1. The quantitative estimate of drug-likeness (QED) is 0.316. The number of sulfonamides is 1. The van der Waals surface area contributed by atoms with Gasteiger partial charge in [0.15, 0.2) is 0 Å². The van der Waals surface area contributed by atoms with Gasteiger partial charge in [0.1, 0.15) is 18.3 Å². The van der Waals surface area contributed by atoms with E-state index >= 15 is 0 Å². The van der Waals surface area contributed by atoms with Gasteiger partial charge in [0.25, 0.3) is 10.0 Å². The molecular formula is C30H36ClN3O5S. The van der Waals surface area contributed by atoms with Crippen LogP contribution in [-0.4, -0.2) is 50.9 Å². The number of ether oxygens (including phenoxy) is 1. The number of rotatable bonds is 12. The maximum atomic E-state index is 14.1. The second kappa shape index (κ2) is 13.7. The first-order chi connectivity index (χ1) is 19.0. The van der Waals surface area contributed by atoms with Crippen LogP contribution in [-0.2, 0) is 26.2 Å². The summed E-state index contributed by atoms with van der Waals surface area (Å²) in [7, 11) is -2.60. The van der Waals surface area contributed by atoms with Crippen molar-refractivity contribution >= 4 is 39.1 Å². The molecule has 3 aromatic rings. The summed E-state index contributed by atoms with van der Waals surface area (Å²) in [6.07, 6.45) is 0.335. The van der Waals surface area contributed by atoms with Crippen molar-refractivity contribution in [3.05, 3.63) is 88.9 Å². The van der Waals surface area contributed by atoms with E-state index in [-0.39, 0.29) is 29.1 Å². The summed E-state index contributed by atoms with van der Waals surface area (Å²) in [5, 5.41) is 3.22. The highest BCUT2D eigenvalue weighted by molar-refractivity contribution is 7.92. The fourth-order valence-corrected chi connectivity index (χ4v) is 5.97. The molecule has 0 aliphatic rings. The van der Waals surface area contributed by atoms with E-state index in [9.17, 15) is 18.0 Å². The van der Waals surface area contributed by atoms with Crippen molar-refractivity contribution in [2.75, 3.05) is 18.0 Å². The minimum Gasteiger partial charge on any atom is -0.497 e. The molecule has 214 valence electrons. The Morgan fingerprint density at radius 2 is 1.65 bits per heavy atom. The first-order valence-electron chi connectivity index (χ1n) is 13.0. The molecule has 0 heterocycles. The molecular weight excluding hydrogens is 550 g/mol. The Morgan fingerprint density at radius 1 is 1.00 bits per heavy atom. The van der Waals surface area contributed by atoms with Crippen LogP contribution in [0.15, 0.2) is 77.7 Å². The van der Waals surface area contributed by atoms with E-state index in [1.54, 1.807) is 56.5 Å². The van der Waals surface area contributed by atoms with E-state index in [0.717, 1.165) is 9.87 Å². The van der Waals surface area contributed by atoms with Gasteiger partial charge in [-0.25, -0.2) is 8.42 Å². The average molecular weight is 586 g/mol. The summed E-state index contributed by atoms with van der Waals surface area (Å²) in [6.45, 7) is 6.83. The monoisotopic (exact) mass is 585 g/mol. The molecule has 0 aromatic heterocycles. The zero-order valence-corrected chi connectivity index (χ0v) is 25.0. The lowest BCUT2D eigenvalue weighted by molar-refractivity contribution is -0.140. The van der Waals surface area contributed by atoms with Crippen LogP contribution in [0.2, 0.25) is 5.02 Å². The van der Waals surface area contributed by atoms with Crippen molar-refractivity contribution in [3.8, 4) is 5.75 Å². The summed E-state index contributed by atoms with van der Waals surface area (Å²) in [5.41, 5.74) is 1.68. The third-order valence-electron chi connectivity index (χ3n) is 6.38. The lowest BCUT2D eigenvalue weighted by Crippen LogP contribution is -2.53. The number of hydrogen-bond acceptors (Lipinski definition) is 5. The summed E-state index contributed by atoms with van der Waals surface area (Å²) in [5.74, 6) is -0.181. The zero-order chi connectivity index (χ0) is 29.4. The highest BCUT2D eigenvalue weighted by Gasteiger charge is 2.34. The van der Waals surface area contributed by atoms with Gasteiger partial charge >= 0.3 is 0 Å². The molecule has 0 unspecified atom stereocenters. The lowest BCUT2D eigenvalue weighted by atomic mass is 10.1. The van der Waals surface area contributed by atoms with E-state index < -0.39 is 28.5 Å². The normalized spacial score (nSPS) is 12.1. The lowest BCUT2D eigenvalue weighted by Gasteiger charge is -2.34. The molecule has 1 N–H and O–H groups in total. The van der Waals surface area contributed by atoms with Gasteiger partial charge in [-0.2, -0.15) is 0 Å². The summed E-state index contributed by atoms with van der Waals surface area (Å²) in [6, 6.07) is 19.0. The Labute approximate surface area is 241 Å². The van der Waals surface area contributed by atoms with Crippen LogP contribution in [0.5, 0.6) is 5.75 Å². The van der Waals surface area contributed by atoms with Gasteiger partial charge in [0, 0.05) is 17.6 Å². The predicted molar refractivity (Wildman–Crippen MR) is 158 cm³/mol. The van der Waals surface area contributed by atoms with Crippen LogP contribution in [0.25, 0.3) is 0 Å². The first-order valence-corrected chi connectivity index (χ1v) is 14.9. The standard InChI is InChI=1S/C30H36ClN3O5S/c1-6-27(30(36)32-21(2)3)33(19-23-13-16-25(39-5)17-14-23)29(35)20-34(28-18-24(31)15-12-22(28)4)40(37,38)26-10-8-7-9-11-26/h7-18,21,27H,6,19-20H2,1-5H3,(H,32,36)/t27-/m1/s1. The van der Waals surface area contributed by atoms with Crippen LogP contribution in [0.4, 0.5) is 5.69 Å². The number of benzene rings is 3. The Balaban J connectivity index is 2.09.